The van der Waals surface area contributed by atoms with Crippen LogP contribution in [0.2, 0.25) is 5.02 Å². The molecule has 0 radical (unpaired) electrons. The lowest BCUT2D eigenvalue weighted by Crippen LogP contribution is -2.08. The minimum absolute atomic E-state index is 0.0510. The Hall–Kier alpha value is -2.08. The van der Waals surface area contributed by atoms with Gasteiger partial charge >= 0.3 is 5.97 Å². The van der Waals surface area contributed by atoms with Crippen LogP contribution in [-0.2, 0) is 13.6 Å². The highest BCUT2D eigenvalue weighted by Gasteiger charge is 2.14. The molecule has 0 bridgehead atoms. The number of hydrogen-bond acceptors (Lipinski definition) is 4. The highest BCUT2D eigenvalue weighted by molar-refractivity contribution is 6.34. The summed E-state index contributed by atoms with van der Waals surface area (Å²) in [4.78, 5) is 15.1. The average molecular weight is 267 g/mol. The fourth-order valence-corrected chi connectivity index (χ4v) is 1.78. The average Bonchev–Trinajstić information content (AvgIpc) is 2.72. The molecule has 18 heavy (non-hydrogen) atoms. The van der Waals surface area contributed by atoms with Crippen LogP contribution in [0.25, 0.3) is 0 Å². The van der Waals surface area contributed by atoms with E-state index in [9.17, 15) is 4.79 Å². The van der Waals surface area contributed by atoms with E-state index >= 15 is 0 Å². The van der Waals surface area contributed by atoms with Gasteiger partial charge in [0.15, 0.2) is 5.82 Å². The molecule has 6 nitrogen and oxygen atoms in total. The van der Waals surface area contributed by atoms with Gasteiger partial charge in [-0.25, -0.2) is 9.78 Å². The first-order valence-corrected chi connectivity index (χ1v) is 5.56. The molecular formula is C11H11ClN4O2. The molecule has 0 saturated heterocycles. The van der Waals surface area contributed by atoms with Gasteiger partial charge in [0.1, 0.15) is 11.9 Å². The second-order valence-electron chi connectivity index (χ2n) is 3.66. The molecule has 0 atom stereocenters. The largest absolute Gasteiger partial charge is 0.478 e. The number of nitrogens with one attached hydrogen (secondary N) is 1. The Kier molecular flexibility index (Phi) is 3.47. The van der Waals surface area contributed by atoms with Crippen LogP contribution in [0.1, 0.15) is 16.2 Å². The minimum Gasteiger partial charge on any atom is -0.478 e. The number of carboxylic acids is 1. The standard InChI is InChI=1S/C11H11ClN4O2/c1-16-6-14-9(15-16)5-13-8-4-2-3-7(12)10(8)11(17)18/h2-4,6,13H,5H2,1H3,(H,17,18). The van der Waals surface area contributed by atoms with Crippen LogP contribution in [0, 0.1) is 0 Å². The van der Waals surface area contributed by atoms with Gasteiger partial charge in [0.25, 0.3) is 0 Å². The lowest BCUT2D eigenvalue weighted by Gasteiger charge is -2.08. The van der Waals surface area contributed by atoms with Gasteiger partial charge in [0.05, 0.1) is 17.3 Å². The number of aromatic carboxylic acids is 1. The number of carbonyl (C=O) groups is 1. The highest BCUT2D eigenvalue weighted by atomic mass is 35.5. The summed E-state index contributed by atoms with van der Waals surface area (Å²) in [6.45, 7) is 0.335. The van der Waals surface area contributed by atoms with Crippen LogP contribution >= 0.6 is 11.6 Å². The van der Waals surface area contributed by atoms with Gasteiger partial charge in [-0.05, 0) is 12.1 Å². The summed E-state index contributed by atoms with van der Waals surface area (Å²) >= 11 is 5.85. The van der Waals surface area contributed by atoms with E-state index in [1.807, 2.05) is 0 Å². The molecule has 0 fully saturated rings. The maximum Gasteiger partial charge on any atom is 0.339 e. The zero-order valence-electron chi connectivity index (χ0n) is 9.59. The molecule has 2 N–H and O–H groups in total. The zero-order chi connectivity index (χ0) is 13.1. The molecule has 1 aromatic heterocycles. The third kappa shape index (κ3) is 2.60. The molecular weight excluding hydrogens is 256 g/mol. The van der Waals surface area contributed by atoms with Crippen molar-refractivity contribution in [3.8, 4) is 0 Å². The molecule has 0 amide bonds. The van der Waals surface area contributed by atoms with Crippen molar-refractivity contribution in [3.05, 3.63) is 40.9 Å². The molecule has 0 aliphatic carbocycles. The first kappa shape index (κ1) is 12.4. The van der Waals surface area contributed by atoms with E-state index in [0.29, 0.717) is 18.1 Å². The van der Waals surface area contributed by atoms with Gasteiger partial charge in [-0.3, -0.25) is 4.68 Å². The van der Waals surface area contributed by atoms with Crippen molar-refractivity contribution in [3.63, 3.8) is 0 Å². The predicted octanol–water partition coefficient (Wildman–Crippen LogP) is 1.78. The van der Waals surface area contributed by atoms with Crippen LogP contribution < -0.4 is 5.32 Å². The Bertz CT molecular complexity index is 582. The second-order valence-corrected chi connectivity index (χ2v) is 4.06. The molecule has 1 heterocycles. The number of anilines is 1. The summed E-state index contributed by atoms with van der Waals surface area (Å²) in [6.07, 6.45) is 1.58. The normalized spacial score (nSPS) is 10.3. The molecule has 2 rings (SSSR count). The summed E-state index contributed by atoms with van der Waals surface area (Å²) in [5.74, 6) is -0.495. The Morgan fingerprint density at radius 2 is 2.33 bits per heavy atom. The van der Waals surface area contributed by atoms with Crippen LogP contribution in [0.5, 0.6) is 0 Å². The molecule has 0 saturated carbocycles. The molecule has 0 unspecified atom stereocenters. The van der Waals surface area contributed by atoms with E-state index in [-0.39, 0.29) is 10.6 Å². The van der Waals surface area contributed by atoms with E-state index < -0.39 is 5.97 Å². The fourth-order valence-electron chi connectivity index (χ4n) is 1.53. The van der Waals surface area contributed by atoms with Crippen LogP contribution in [0.4, 0.5) is 5.69 Å². The SMILES string of the molecule is Cn1cnc(CNc2cccc(Cl)c2C(=O)O)n1. The van der Waals surface area contributed by atoms with Gasteiger partial charge < -0.3 is 10.4 Å². The summed E-state index contributed by atoms with van der Waals surface area (Å²) in [5, 5.41) is 16.3. The summed E-state index contributed by atoms with van der Waals surface area (Å²) in [7, 11) is 1.76. The first-order valence-electron chi connectivity index (χ1n) is 5.18. The van der Waals surface area contributed by atoms with E-state index in [4.69, 9.17) is 16.7 Å². The predicted molar refractivity (Wildman–Crippen MR) is 66.7 cm³/mol. The van der Waals surface area contributed by atoms with Gasteiger partial charge in [-0.15, -0.1) is 0 Å². The number of aryl methyl sites for hydroxylation is 1. The molecule has 0 aliphatic heterocycles. The monoisotopic (exact) mass is 266 g/mol. The fraction of sp³-hybridized carbons (Fsp3) is 0.182. The lowest BCUT2D eigenvalue weighted by molar-refractivity contribution is 0.0698. The van der Waals surface area contributed by atoms with Crippen molar-refractivity contribution in [2.24, 2.45) is 7.05 Å². The van der Waals surface area contributed by atoms with E-state index in [2.05, 4.69) is 15.4 Å². The summed E-state index contributed by atoms with van der Waals surface area (Å²) in [5.41, 5.74) is 0.498. The second kappa shape index (κ2) is 5.05. The lowest BCUT2D eigenvalue weighted by atomic mass is 10.2. The number of hydrogen-bond donors (Lipinski definition) is 2. The number of aromatic nitrogens is 3. The minimum atomic E-state index is -1.07. The van der Waals surface area contributed by atoms with Crippen molar-refractivity contribution in [2.75, 3.05) is 5.32 Å². The van der Waals surface area contributed by atoms with E-state index in [1.54, 1.807) is 30.2 Å². The maximum atomic E-state index is 11.1. The third-order valence-corrected chi connectivity index (χ3v) is 2.63. The van der Waals surface area contributed by atoms with Gasteiger partial charge in [-0.2, -0.15) is 5.10 Å². The molecule has 7 heteroatoms. The van der Waals surface area contributed by atoms with E-state index in [0.717, 1.165) is 0 Å². The van der Waals surface area contributed by atoms with Crippen LogP contribution in [-0.4, -0.2) is 25.8 Å². The van der Waals surface area contributed by atoms with Crippen LogP contribution in [0.15, 0.2) is 24.5 Å². The Morgan fingerprint density at radius 3 is 2.94 bits per heavy atom. The van der Waals surface area contributed by atoms with Crippen molar-refractivity contribution in [1.82, 2.24) is 14.8 Å². The molecule has 2 aromatic rings. The molecule has 0 spiro atoms. The first-order chi connectivity index (χ1) is 8.58. The number of halogens is 1. The number of carboxylic acid groups (broad SMARTS) is 1. The maximum absolute atomic E-state index is 11.1. The molecule has 1 aromatic carbocycles. The quantitative estimate of drug-likeness (QED) is 0.882. The van der Waals surface area contributed by atoms with Gasteiger partial charge in [-0.1, -0.05) is 17.7 Å². The third-order valence-electron chi connectivity index (χ3n) is 2.31. The number of rotatable bonds is 4. The zero-order valence-corrected chi connectivity index (χ0v) is 10.3. The number of benzene rings is 1. The number of nitrogens with zero attached hydrogens (tertiary/aromatic N) is 3. The Balaban J connectivity index is 2.19. The Labute approximate surface area is 108 Å². The van der Waals surface area contributed by atoms with Gasteiger partial charge in [0, 0.05) is 7.05 Å². The molecule has 94 valence electrons. The van der Waals surface area contributed by atoms with Crippen LogP contribution in [0.3, 0.4) is 0 Å². The van der Waals surface area contributed by atoms with Crippen molar-refractivity contribution in [1.29, 1.82) is 0 Å². The van der Waals surface area contributed by atoms with Gasteiger partial charge in [0.2, 0.25) is 0 Å². The summed E-state index contributed by atoms with van der Waals surface area (Å²) in [6, 6.07) is 4.87. The summed E-state index contributed by atoms with van der Waals surface area (Å²) < 4.78 is 1.58. The molecule has 0 aliphatic rings. The van der Waals surface area contributed by atoms with Crippen molar-refractivity contribution < 1.29 is 9.90 Å². The Morgan fingerprint density at radius 1 is 1.56 bits per heavy atom. The van der Waals surface area contributed by atoms with E-state index in [1.165, 1.54) is 6.07 Å². The van der Waals surface area contributed by atoms with Crippen molar-refractivity contribution in [2.45, 2.75) is 6.54 Å². The smallest absolute Gasteiger partial charge is 0.339 e. The topological polar surface area (TPSA) is 80.0 Å². The highest BCUT2D eigenvalue weighted by Crippen LogP contribution is 2.24. The van der Waals surface area contributed by atoms with Crippen molar-refractivity contribution >= 4 is 23.3 Å².